The van der Waals surface area contributed by atoms with E-state index in [9.17, 15) is 29.4 Å². The second kappa shape index (κ2) is 20.1. The topological polar surface area (TPSA) is 245 Å². The van der Waals surface area contributed by atoms with Crippen molar-refractivity contribution >= 4 is 68.2 Å². The van der Waals surface area contributed by atoms with Gasteiger partial charge in [0.2, 0.25) is 17.7 Å². The van der Waals surface area contributed by atoms with Gasteiger partial charge in [0.05, 0.1) is 46.8 Å². The molecule has 4 aromatic carbocycles. The van der Waals surface area contributed by atoms with Crippen LogP contribution in [0.15, 0.2) is 110 Å². The molecule has 4 heterocycles. The van der Waals surface area contributed by atoms with Crippen LogP contribution in [0.1, 0.15) is 20.8 Å². The van der Waals surface area contributed by atoms with Crippen molar-refractivity contribution in [2.75, 3.05) is 56.9 Å². The normalized spacial score (nSPS) is 11.1. The number of ether oxygens (including phenoxy) is 3. The van der Waals surface area contributed by atoms with Gasteiger partial charge in [0, 0.05) is 109 Å². The number of hydrogen-bond donors (Lipinski definition) is 4. The molecule has 0 aliphatic carbocycles. The van der Waals surface area contributed by atoms with Crippen LogP contribution in [0.3, 0.4) is 0 Å². The predicted molar refractivity (Wildman–Crippen MR) is 257 cm³/mol. The molecular formula is C47H47FN12O8. The Morgan fingerprint density at radius 2 is 1.21 bits per heavy atom. The minimum atomic E-state index is -0.985. The van der Waals surface area contributed by atoms with E-state index in [4.69, 9.17) is 14.2 Å². The van der Waals surface area contributed by atoms with Crippen LogP contribution in [0.25, 0.3) is 44.3 Å². The minimum Gasteiger partial charge on any atom is -0.494 e. The Morgan fingerprint density at radius 3 is 1.69 bits per heavy atom. The standard InChI is InChI=1S/C28H33N7O5.C19H14FN5O3/c1-28(2,3)40-27(36)34(5)14-13-33(4)23-16-25(39-6)22(15-24(23)35(37)38)32-26-29-12-11-21(31-26)19-17-30-20-10-8-7-9-18(19)20;1-28-18-8-13(20)17(25(26)27)9-16(18)24-19-21-7-6-15(23-19)12-10-22-14-5-3-2-4-11(12)14/h7-12,15-17,30H,13-14H2,1-6H3,(H,29,31,32);2-10,22H,1H3,(H,21,23,24). The van der Waals surface area contributed by atoms with Gasteiger partial charge in [0.25, 0.3) is 5.69 Å². The van der Waals surface area contributed by atoms with E-state index in [-0.39, 0.29) is 29.0 Å². The summed E-state index contributed by atoms with van der Waals surface area (Å²) in [6, 6.07) is 24.2. The summed E-state index contributed by atoms with van der Waals surface area (Å²) < 4.78 is 29.9. The molecule has 1 amide bonds. The zero-order valence-electron chi connectivity index (χ0n) is 38.0. The van der Waals surface area contributed by atoms with Crippen molar-refractivity contribution in [2.24, 2.45) is 0 Å². The van der Waals surface area contributed by atoms with Gasteiger partial charge < -0.3 is 44.6 Å². The fraction of sp³-hybridized carbons (Fsp3) is 0.213. The molecule has 4 N–H and O–H groups in total. The van der Waals surface area contributed by atoms with Crippen molar-refractivity contribution in [3.8, 4) is 34.0 Å². The van der Waals surface area contributed by atoms with Crippen LogP contribution in [0.4, 0.5) is 49.5 Å². The van der Waals surface area contributed by atoms with E-state index in [0.29, 0.717) is 41.6 Å². The lowest BCUT2D eigenvalue weighted by Crippen LogP contribution is -2.38. The van der Waals surface area contributed by atoms with Crippen LogP contribution in [0.2, 0.25) is 0 Å². The number of nitrogens with zero attached hydrogens (tertiary/aromatic N) is 8. The number of hydrogen-bond acceptors (Lipinski definition) is 15. The Kier molecular flexibility index (Phi) is 13.9. The van der Waals surface area contributed by atoms with Gasteiger partial charge in [-0.1, -0.05) is 36.4 Å². The average Bonchev–Trinajstić information content (AvgIpc) is 3.96. The van der Waals surface area contributed by atoms with Crippen LogP contribution in [0, 0.1) is 26.0 Å². The van der Waals surface area contributed by atoms with Gasteiger partial charge in [-0.25, -0.2) is 24.7 Å². The number of fused-ring (bicyclic) bond motifs is 2. The summed E-state index contributed by atoms with van der Waals surface area (Å²) in [5.74, 6) is -0.0587. The molecule has 8 aromatic rings. The number of carbonyl (C=O) groups excluding carboxylic acids is 1. The summed E-state index contributed by atoms with van der Waals surface area (Å²) >= 11 is 0. The average molecular weight is 927 g/mol. The lowest BCUT2D eigenvalue weighted by atomic mass is 10.1. The number of nitrogens with one attached hydrogen (secondary N) is 4. The van der Waals surface area contributed by atoms with Gasteiger partial charge in [-0.2, -0.15) is 4.39 Å². The van der Waals surface area contributed by atoms with Crippen molar-refractivity contribution in [1.82, 2.24) is 34.8 Å². The van der Waals surface area contributed by atoms with E-state index < -0.39 is 33.0 Å². The molecule has 8 rings (SSSR count). The number of aromatic nitrogens is 6. The molecule has 0 bridgehead atoms. The molecule has 4 aromatic heterocycles. The van der Waals surface area contributed by atoms with Crippen molar-refractivity contribution in [3.05, 3.63) is 136 Å². The summed E-state index contributed by atoms with van der Waals surface area (Å²) in [7, 11) is 6.16. The van der Waals surface area contributed by atoms with Gasteiger partial charge in [0.15, 0.2) is 0 Å². The van der Waals surface area contributed by atoms with Gasteiger partial charge >= 0.3 is 11.8 Å². The Bertz CT molecular complexity index is 3130. The number of carbonyl (C=O) groups is 1. The van der Waals surface area contributed by atoms with Crippen molar-refractivity contribution in [1.29, 1.82) is 0 Å². The highest BCUT2D eigenvalue weighted by atomic mass is 19.1. The highest BCUT2D eigenvalue weighted by molar-refractivity contribution is 5.95. The molecule has 0 fully saturated rings. The molecule has 0 saturated heterocycles. The van der Waals surface area contributed by atoms with Crippen molar-refractivity contribution < 1.29 is 33.2 Å². The highest BCUT2D eigenvalue weighted by Crippen LogP contribution is 2.40. The number of nitro groups is 2. The van der Waals surface area contributed by atoms with Crippen LogP contribution < -0.4 is 25.0 Å². The Balaban J connectivity index is 0.000000214. The number of H-pyrrole nitrogens is 2. The van der Waals surface area contributed by atoms with Gasteiger partial charge in [0.1, 0.15) is 22.8 Å². The molecule has 0 unspecified atom stereocenters. The number of benzene rings is 4. The number of para-hydroxylation sites is 2. The maximum Gasteiger partial charge on any atom is 0.410 e. The lowest BCUT2D eigenvalue weighted by Gasteiger charge is -2.27. The summed E-state index contributed by atoms with van der Waals surface area (Å²) in [4.78, 5) is 61.2. The van der Waals surface area contributed by atoms with Gasteiger partial charge in [-0.15, -0.1) is 0 Å². The second-order valence-corrected chi connectivity index (χ2v) is 16.2. The number of halogens is 1. The maximum atomic E-state index is 13.8. The second-order valence-electron chi connectivity index (χ2n) is 16.2. The third kappa shape index (κ3) is 10.8. The van der Waals surface area contributed by atoms with Gasteiger partial charge in [-0.05, 0) is 45.0 Å². The minimum absolute atomic E-state index is 0.101. The molecule has 0 aliphatic heterocycles. The van der Waals surface area contributed by atoms with E-state index in [0.717, 1.165) is 45.1 Å². The lowest BCUT2D eigenvalue weighted by molar-refractivity contribution is -0.387. The zero-order chi connectivity index (χ0) is 48.7. The number of likely N-dealkylation sites (N-methyl/N-ethyl adjacent to an activating group) is 2. The quantitative estimate of drug-likeness (QED) is 0.0585. The molecule has 0 atom stereocenters. The predicted octanol–water partition coefficient (Wildman–Crippen LogP) is 10.0. The molecule has 0 spiro atoms. The molecule has 68 heavy (non-hydrogen) atoms. The Labute approximate surface area is 388 Å². The number of nitro benzene ring substituents is 2. The van der Waals surface area contributed by atoms with E-state index in [1.165, 1.54) is 25.2 Å². The first-order chi connectivity index (χ1) is 32.5. The van der Waals surface area contributed by atoms with E-state index in [2.05, 4.69) is 40.5 Å². The Morgan fingerprint density at radius 1 is 0.721 bits per heavy atom. The Hall–Kier alpha value is -8.88. The smallest absolute Gasteiger partial charge is 0.410 e. The highest BCUT2D eigenvalue weighted by Gasteiger charge is 2.25. The largest absolute Gasteiger partial charge is 0.494 e. The van der Waals surface area contributed by atoms with Gasteiger partial charge in [-0.3, -0.25) is 20.2 Å². The van der Waals surface area contributed by atoms with Crippen LogP contribution in [0.5, 0.6) is 11.5 Å². The monoisotopic (exact) mass is 926 g/mol. The molecule has 20 nitrogen and oxygen atoms in total. The molecule has 0 aliphatic rings. The fourth-order valence-electron chi connectivity index (χ4n) is 7.02. The molecule has 0 saturated carbocycles. The molecule has 21 heteroatoms. The fourth-order valence-corrected chi connectivity index (χ4v) is 7.02. The summed E-state index contributed by atoms with van der Waals surface area (Å²) in [5, 5.41) is 31.0. The van der Waals surface area contributed by atoms with E-state index in [1.807, 2.05) is 60.9 Å². The first kappa shape index (κ1) is 47.1. The van der Waals surface area contributed by atoms with Crippen LogP contribution in [-0.2, 0) is 4.74 Å². The zero-order valence-corrected chi connectivity index (χ0v) is 38.0. The third-order valence-corrected chi connectivity index (χ3v) is 10.4. The van der Waals surface area contributed by atoms with Crippen LogP contribution in [-0.4, -0.2) is 97.7 Å². The first-order valence-corrected chi connectivity index (χ1v) is 20.9. The summed E-state index contributed by atoms with van der Waals surface area (Å²) in [6.45, 7) is 5.99. The van der Waals surface area contributed by atoms with Crippen molar-refractivity contribution in [2.45, 2.75) is 26.4 Å². The summed E-state index contributed by atoms with van der Waals surface area (Å²) in [6.07, 6.45) is 6.45. The first-order valence-electron chi connectivity index (χ1n) is 20.9. The SMILES string of the molecule is COc1cc(F)c([N+](=O)[O-])cc1Nc1nccc(-c2c[nH]c3ccccc23)n1.COc1cc(N(C)CCN(C)C(=O)OC(C)(C)C)c([N+](=O)[O-])cc1Nc1nccc(-c2c[nH]c3ccccc23)n1. The number of aromatic amines is 2. The molecule has 0 radical (unpaired) electrons. The maximum absolute atomic E-state index is 13.8. The number of rotatable bonds is 14. The van der Waals surface area contributed by atoms with E-state index >= 15 is 0 Å². The number of methoxy groups -OCH3 is 2. The molecular weight excluding hydrogens is 880 g/mol. The third-order valence-electron chi connectivity index (χ3n) is 10.4. The van der Waals surface area contributed by atoms with E-state index in [1.54, 1.807) is 70.4 Å². The van der Waals surface area contributed by atoms with Crippen molar-refractivity contribution in [3.63, 3.8) is 0 Å². The number of anilines is 5. The summed E-state index contributed by atoms with van der Waals surface area (Å²) in [5.41, 5.74) is 4.53. The number of amides is 1. The van der Waals surface area contributed by atoms with Crippen LogP contribution >= 0.6 is 0 Å². The molecule has 350 valence electrons.